The molecule has 1 aliphatic carbocycles. The maximum absolute atomic E-state index is 2.67. The fourth-order valence-corrected chi connectivity index (χ4v) is 21.4. The van der Waals surface area contributed by atoms with Crippen LogP contribution in [0.1, 0.15) is 11.1 Å². The van der Waals surface area contributed by atoms with Crippen molar-refractivity contribution in [2.75, 3.05) is 0 Å². The van der Waals surface area contributed by atoms with E-state index in [4.69, 9.17) is 0 Å². The summed E-state index contributed by atoms with van der Waals surface area (Å²) in [5.41, 5.74) is 6.46. The summed E-state index contributed by atoms with van der Waals surface area (Å²) < 4.78 is 0.274. The lowest BCUT2D eigenvalue weighted by Crippen LogP contribution is -2.64. The third-order valence-electron chi connectivity index (χ3n) is 7.12. The number of hydrogen-bond acceptors (Lipinski definition) is 0. The SMILES string of the molecule is C[Si](C)(C)c1ccc2c(c1)C([Si](C)(C)C)([Si](C)(C)C)c1cc([Si](C)(C)C)ccc1-2. The third-order valence-corrected chi connectivity index (χ3v) is 21.3. The van der Waals surface area contributed by atoms with Crippen molar-refractivity contribution < 1.29 is 0 Å². The molecule has 0 fully saturated rings. The molecular formula is C25H42Si4. The number of hydrogen-bond donors (Lipinski definition) is 0. The summed E-state index contributed by atoms with van der Waals surface area (Å²) in [6.45, 7) is 30.7. The highest BCUT2D eigenvalue weighted by molar-refractivity contribution is 7.00. The van der Waals surface area contributed by atoms with E-state index in [-0.39, 0.29) is 4.66 Å². The lowest BCUT2D eigenvalue weighted by molar-refractivity contribution is 0.954. The van der Waals surface area contributed by atoms with Gasteiger partial charge in [-0.15, -0.1) is 0 Å². The quantitative estimate of drug-likeness (QED) is 0.446. The van der Waals surface area contributed by atoms with E-state index in [0.29, 0.717) is 0 Å². The van der Waals surface area contributed by atoms with Crippen molar-refractivity contribution >= 4 is 42.7 Å². The van der Waals surface area contributed by atoms with Gasteiger partial charge in [-0.05, 0) is 22.3 Å². The first-order chi connectivity index (χ1) is 12.9. The van der Waals surface area contributed by atoms with Gasteiger partial charge < -0.3 is 0 Å². The van der Waals surface area contributed by atoms with E-state index >= 15 is 0 Å². The van der Waals surface area contributed by atoms with Crippen LogP contribution in [0.4, 0.5) is 0 Å². The Bertz CT molecular complexity index is 865. The van der Waals surface area contributed by atoms with Crippen LogP contribution in [0.2, 0.25) is 78.6 Å². The Labute approximate surface area is 184 Å². The molecule has 0 heterocycles. The third kappa shape index (κ3) is 3.44. The summed E-state index contributed by atoms with van der Waals surface area (Å²) in [5.74, 6) is 0. The number of benzene rings is 2. The van der Waals surface area contributed by atoms with Crippen LogP contribution in [0.5, 0.6) is 0 Å². The van der Waals surface area contributed by atoms with Gasteiger partial charge in [-0.25, -0.2) is 0 Å². The molecule has 29 heavy (non-hydrogen) atoms. The van der Waals surface area contributed by atoms with E-state index in [0.717, 1.165) is 0 Å². The molecule has 0 radical (unpaired) electrons. The molecule has 2 aromatic carbocycles. The minimum atomic E-state index is -1.58. The zero-order chi connectivity index (χ0) is 22.2. The molecule has 0 unspecified atom stereocenters. The van der Waals surface area contributed by atoms with E-state index in [9.17, 15) is 0 Å². The van der Waals surface area contributed by atoms with Crippen LogP contribution < -0.4 is 10.4 Å². The van der Waals surface area contributed by atoms with E-state index in [2.05, 4.69) is 115 Å². The number of rotatable bonds is 4. The van der Waals surface area contributed by atoms with E-state index in [1.165, 1.54) is 11.1 Å². The maximum Gasteiger partial charge on any atom is 0.0776 e. The van der Waals surface area contributed by atoms with Crippen molar-refractivity contribution in [2.45, 2.75) is 83.2 Å². The molecule has 0 amide bonds. The Morgan fingerprint density at radius 2 is 0.793 bits per heavy atom. The Hall–Kier alpha value is -0.692. The summed E-state index contributed by atoms with van der Waals surface area (Å²) in [5, 5.41) is 3.24. The minimum absolute atomic E-state index is 0.274. The normalized spacial score (nSPS) is 16.6. The van der Waals surface area contributed by atoms with E-state index in [1.807, 2.05) is 0 Å². The molecular weight excluding hydrogens is 413 g/mol. The molecule has 0 aromatic heterocycles. The first-order valence-electron chi connectivity index (χ1n) is 11.2. The second-order valence-electron chi connectivity index (χ2n) is 13.3. The van der Waals surface area contributed by atoms with E-state index in [1.54, 1.807) is 21.5 Å². The van der Waals surface area contributed by atoms with Gasteiger partial charge in [0.15, 0.2) is 0 Å². The van der Waals surface area contributed by atoms with Gasteiger partial charge in [0.05, 0.1) is 32.3 Å². The molecule has 0 spiro atoms. The monoisotopic (exact) mass is 454 g/mol. The molecule has 0 bridgehead atoms. The van der Waals surface area contributed by atoms with Crippen LogP contribution in [-0.2, 0) is 4.66 Å². The molecule has 0 N–H and O–H groups in total. The lowest BCUT2D eigenvalue weighted by atomic mass is 10.1. The highest BCUT2D eigenvalue weighted by Crippen LogP contribution is 2.57. The Balaban J connectivity index is 2.50. The summed E-state index contributed by atoms with van der Waals surface area (Å²) in [6.07, 6.45) is 0. The molecule has 0 nitrogen and oxygen atoms in total. The highest BCUT2D eigenvalue weighted by atomic mass is 28.4. The van der Waals surface area contributed by atoms with Gasteiger partial charge in [0, 0.05) is 4.66 Å². The Kier molecular flexibility index (Phi) is 5.27. The smallest absolute Gasteiger partial charge is 0.0688 e. The summed E-state index contributed by atoms with van der Waals surface area (Å²) >= 11 is 0. The van der Waals surface area contributed by atoms with Crippen molar-refractivity contribution in [1.29, 1.82) is 0 Å². The summed E-state index contributed by atoms with van der Waals surface area (Å²) in [6, 6.07) is 15.2. The van der Waals surface area contributed by atoms with Crippen molar-refractivity contribution in [2.24, 2.45) is 0 Å². The summed E-state index contributed by atoms with van der Waals surface area (Å²) in [4.78, 5) is 0. The molecule has 0 atom stereocenters. The molecule has 2 aromatic rings. The van der Waals surface area contributed by atoms with Crippen LogP contribution in [0.15, 0.2) is 36.4 Å². The number of fused-ring (bicyclic) bond motifs is 3. The van der Waals surface area contributed by atoms with E-state index < -0.39 is 32.3 Å². The first kappa shape index (κ1) is 23.0. The zero-order valence-corrected chi connectivity index (χ0v) is 25.0. The topological polar surface area (TPSA) is 0 Å². The second kappa shape index (κ2) is 6.65. The second-order valence-corrected chi connectivity index (χ2v) is 34.4. The van der Waals surface area contributed by atoms with Gasteiger partial charge in [0.25, 0.3) is 0 Å². The van der Waals surface area contributed by atoms with Crippen LogP contribution >= 0.6 is 0 Å². The fraction of sp³-hybridized carbons (Fsp3) is 0.520. The largest absolute Gasteiger partial charge is 0.0776 e. The molecule has 0 saturated heterocycles. The zero-order valence-electron chi connectivity index (χ0n) is 21.0. The van der Waals surface area contributed by atoms with Gasteiger partial charge in [-0.2, -0.15) is 0 Å². The van der Waals surface area contributed by atoms with Crippen LogP contribution in [-0.4, -0.2) is 32.3 Å². The van der Waals surface area contributed by atoms with Crippen LogP contribution in [0, 0.1) is 0 Å². The average Bonchev–Trinajstić information content (AvgIpc) is 2.82. The van der Waals surface area contributed by atoms with Gasteiger partial charge in [0.2, 0.25) is 0 Å². The minimum Gasteiger partial charge on any atom is -0.0688 e. The molecule has 3 rings (SSSR count). The van der Waals surface area contributed by atoms with Gasteiger partial charge in [-0.3, -0.25) is 0 Å². The fourth-order valence-electron chi connectivity index (χ4n) is 6.00. The maximum atomic E-state index is 2.67. The molecule has 1 aliphatic rings. The predicted octanol–water partition coefficient (Wildman–Crippen LogP) is 6.80. The van der Waals surface area contributed by atoms with Crippen molar-refractivity contribution in [3.8, 4) is 11.1 Å². The molecule has 158 valence electrons. The van der Waals surface area contributed by atoms with Crippen molar-refractivity contribution in [3.63, 3.8) is 0 Å². The predicted molar refractivity (Wildman–Crippen MR) is 145 cm³/mol. The highest BCUT2D eigenvalue weighted by Gasteiger charge is 2.59. The van der Waals surface area contributed by atoms with Crippen LogP contribution in [0.3, 0.4) is 0 Å². The molecule has 0 aliphatic heterocycles. The lowest BCUT2D eigenvalue weighted by Gasteiger charge is -2.51. The van der Waals surface area contributed by atoms with Gasteiger partial charge in [0.1, 0.15) is 0 Å². The van der Waals surface area contributed by atoms with Gasteiger partial charge in [-0.1, -0.05) is 125 Å². The summed E-state index contributed by atoms with van der Waals surface area (Å²) in [7, 11) is -5.89. The standard InChI is InChI=1S/C25H42Si4/c1-26(2,3)19-13-15-21-22-16-14-20(27(4,5)6)18-24(22)25(23(21)17-19,28(7,8)9)29(10,11)12/h13-18H,1-12H3. The van der Waals surface area contributed by atoms with Crippen molar-refractivity contribution in [3.05, 3.63) is 47.5 Å². The van der Waals surface area contributed by atoms with Crippen molar-refractivity contribution in [1.82, 2.24) is 0 Å². The molecule has 0 saturated carbocycles. The average molecular weight is 455 g/mol. The Morgan fingerprint density at radius 1 is 0.483 bits per heavy atom. The first-order valence-corrected chi connectivity index (χ1v) is 25.2. The molecule has 4 heteroatoms. The Morgan fingerprint density at radius 3 is 1.03 bits per heavy atom. The van der Waals surface area contributed by atoms with Crippen LogP contribution in [0.25, 0.3) is 11.1 Å². The van der Waals surface area contributed by atoms with Gasteiger partial charge >= 0.3 is 0 Å².